The lowest BCUT2D eigenvalue weighted by molar-refractivity contribution is 0.278. The van der Waals surface area contributed by atoms with Crippen molar-refractivity contribution < 1.29 is 0 Å². The summed E-state index contributed by atoms with van der Waals surface area (Å²) < 4.78 is 2.27. The Kier molecular flexibility index (Phi) is 3.63. The molecule has 1 aromatic heterocycles. The van der Waals surface area contributed by atoms with Gasteiger partial charge < -0.3 is 4.57 Å². The molecule has 0 aliphatic carbocycles. The zero-order valence-corrected chi connectivity index (χ0v) is 12.0. The minimum absolute atomic E-state index is 0.812. The Morgan fingerprint density at radius 3 is 2.58 bits per heavy atom. The normalized spacial score (nSPS) is 16.1. The van der Waals surface area contributed by atoms with Crippen LogP contribution < -0.4 is 0 Å². The van der Waals surface area contributed by atoms with Crippen LogP contribution in [0, 0.1) is 0 Å². The molecule has 0 N–H and O–H groups in total. The van der Waals surface area contributed by atoms with E-state index in [0.717, 1.165) is 37.5 Å². The first kappa shape index (κ1) is 12.8. The number of halogens is 1. The third kappa shape index (κ3) is 2.85. The first-order valence-corrected chi connectivity index (χ1v) is 7.20. The fourth-order valence-corrected chi connectivity index (χ4v) is 2.97. The Morgan fingerprint density at radius 2 is 1.79 bits per heavy atom. The highest BCUT2D eigenvalue weighted by Crippen LogP contribution is 2.18. The predicted molar refractivity (Wildman–Crippen MR) is 79.6 cm³/mol. The summed E-state index contributed by atoms with van der Waals surface area (Å²) in [4.78, 5) is 2.53. The summed E-state index contributed by atoms with van der Waals surface area (Å²) in [5.74, 6) is 0. The maximum Gasteiger partial charge on any atom is 0.0406 e. The first-order chi connectivity index (χ1) is 9.22. The molecule has 0 fully saturated rings. The van der Waals surface area contributed by atoms with Crippen molar-refractivity contribution in [2.45, 2.75) is 19.4 Å². The van der Waals surface area contributed by atoms with Gasteiger partial charge in [-0.3, -0.25) is 4.90 Å². The van der Waals surface area contributed by atoms with E-state index in [-0.39, 0.29) is 0 Å². The maximum atomic E-state index is 5.93. The molecule has 2 heterocycles. The Hall–Kier alpha value is -1.25. The molecule has 0 saturated carbocycles. The predicted octanol–water partition coefficient (Wildman–Crippen LogP) is 3.28. The molecule has 0 radical (unpaired) electrons. The van der Waals surface area contributed by atoms with Crippen LogP contribution in [0.1, 0.15) is 16.8 Å². The van der Waals surface area contributed by atoms with Crippen LogP contribution in [0.15, 0.2) is 36.5 Å². The Bertz CT molecular complexity index is 557. The van der Waals surface area contributed by atoms with Gasteiger partial charge in [-0.15, -0.1) is 0 Å². The van der Waals surface area contributed by atoms with E-state index in [1.54, 1.807) is 0 Å². The molecule has 19 heavy (non-hydrogen) atoms. The van der Waals surface area contributed by atoms with Gasteiger partial charge in [0, 0.05) is 50.0 Å². The van der Waals surface area contributed by atoms with Crippen molar-refractivity contribution in [3.63, 3.8) is 0 Å². The molecule has 0 spiro atoms. The van der Waals surface area contributed by atoms with Crippen molar-refractivity contribution >= 4 is 11.6 Å². The molecule has 2 nitrogen and oxygen atoms in total. The van der Waals surface area contributed by atoms with Crippen molar-refractivity contribution in [3.05, 3.63) is 58.4 Å². The lowest BCUT2D eigenvalue weighted by atomic mass is 10.1. The highest BCUT2D eigenvalue weighted by Gasteiger charge is 2.16. The number of hydrogen-bond acceptors (Lipinski definition) is 1. The fraction of sp³-hybridized carbons (Fsp3) is 0.375. The third-order valence-corrected chi connectivity index (χ3v) is 4.23. The molecule has 2 aromatic rings. The number of fused-ring (bicyclic) bond motifs is 1. The van der Waals surface area contributed by atoms with Crippen molar-refractivity contribution in [1.82, 2.24) is 9.47 Å². The van der Waals surface area contributed by atoms with Crippen molar-refractivity contribution in [3.8, 4) is 0 Å². The van der Waals surface area contributed by atoms with Crippen LogP contribution in [0.3, 0.4) is 0 Å². The number of aryl methyl sites for hydroxylation is 1. The highest BCUT2D eigenvalue weighted by atomic mass is 35.5. The number of aromatic nitrogens is 1. The maximum absolute atomic E-state index is 5.93. The number of rotatable bonds is 2. The summed E-state index contributed by atoms with van der Waals surface area (Å²) in [6, 6.07) is 10.5. The van der Waals surface area contributed by atoms with Crippen LogP contribution in [-0.2, 0) is 26.4 Å². The molecule has 0 amide bonds. The molecule has 1 aliphatic heterocycles. The molecule has 0 saturated heterocycles. The van der Waals surface area contributed by atoms with E-state index < -0.39 is 0 Å². The molecule has 3 heteroatoms. The van der Waals surface area contributed by atoms with Crippen LogP contribution in [0.4, 0.5) is 0 Å². The van der Waals surface area contributed by atoms with Crippen LogP contribution in [0.5, 0.6) is 0 Å². The van der Waals surface area contributed by atoms with E-state index in [1.165, 1.54) is 16.8 Å². The van der Waals surface area contributed by atoms with E-state index >= 15 is 0 Å². The van der Waals surface area contributed by atoms with Crippen molar-refractivity contribution in [2.75, 3.05) is 13.1 Å². The molecule has 100 valence electrons. The minimum atomic E-state index is 0.812. The second-order valence-electron chi connectivity index (χ2n) is 5.30. The summed E-state index contributed by atoms with van der Waals surface area (Å²) in [6.07, 6.45) is 4.48. The molecule has 0 bridgehead atoms. The van der Waals surface area contributed by atoms with Crippen LogP contribution in [0.25, 0.3) is 0 Å². The van der Waals surface area contributed by atoms with Gasteiger partial charge in [0.25, 0.3) is 0 Å². The van der Waals surface area contributed by atoms with Crippen LogP contribution in [-0.4, -0.2) is 22.6 Å². The summed E-state index contributed by atoms with van der Waals surface area (Å²) in [7, 11) is 2.15. The SMILES string of the molecule is Cn1ccc2c1CCN(Cc1ccc(Cl)cc1)CC2. The molecule has 0 unspecified atom stereocenters. The smallest absolute Gasteiger partial charge is 0.0406 e. The first-order valence-electron chi connectivity index (χ1n) is 6.82. The number of hydrogen-bond donors (Lipinski definition) is 0. The molecule has 0 atom stereocenters. The van der Waals surface area contributed by atoms with Crippen LogP contribution >= 0.6 is 11.6 Å². The zero-order chi connectivity index (χ0) is 13.2. The van der Waals surface area contributed by atoms with E-state index in [0.29, 0.717) is 0 Å². The second-order valence-corrected chi connectivity index (χ2v) is 5.74. The Balaban J connectivity index is 1.67. The number of benzene rings is 1. The van der Waals surface area contributed by atoms with Gasteiger partial charge in [-0.05, 0) is 35.7 Å². The Morgan fingerprint density at radius 1 is 1.05 bits per heavy atom. The van der Waals surface area contributed by atoms with Gasteiger partial charge in [0.05, 0.1) is 0 Å². The van der Waals surface area contributed by atoms with E-state index in [9.17, 15) is 0 Å². The van der Waals surface area contributed by atoms with Gasteiger partial charge in [0.2, 0.25) is 0 Å². The van der Waals surface area contributed by atoms with E-state index in [1.807, 2.05) is 12.1 Å². The molecular weight excluding hydrogens is 256 g/mol. The zero-order valence-electron chi connectivity index (χ0n) is 11.3. The number of nitrogens with zero attached hydrogens (tertiary/aromatic N) is 2. The topological polar surface area (TPSA) is 8.17 Å². The van der Waals surface area contributed by atoms with Gasteiger partial charge >= 0.3 is 0 Å². The van der Waals surface area contributed by atoms with Gasteiger partial charge in [0.15, 0.2) is 0 Å². The molecule has 1 aromatic carbocycles. The molecular formula is C16H19ClN2. The van der Waals surface area contributed by atoms with Gasteiger partial charge in [-0.1, -0.05) is 23.7 Å². The minimum Gasteiger partial charge on any atom is -0.354 e. The standard InChI is InChI=1S/C16H19ClN2/c1-18-9-6-14-7-10-19(11-8-16(14)18)12-13-2-4-15(17)5-3-13/h2-6,9H,7-8,10-12H2,1H3. The quantitative estimate of drug-likeness (QED) is 0.816. The van der Waals surface area contributed by atoms with E-state index in [4.69, 9.17) is 11.6 Å². The molecule has 3 rings (SSSR count). The lowest BCUT2D eigenvalue weighted by Crippen LogP contribution is -2.26. The summed E-state index contributed by atoms with van der Waals surface area (Å²) in [6.45, 7) is 3.29. The monoisotopic (exact) mass is 274 g/mol. The van der Waals surface area contributed by atoms with Gasteiger partial charge in [0.1, 0.15) is 0 Å². The second kappa shape index (κ2) is 5.40. The summed E-state index contributed by atoms with van der Waals surface area (Å²) in [5.41, 5.74) is 4.36. The molecule has 1 aliphatic rings. The third-order valence-electron chi connectivity index (χ3n) is 3.98. The summed E-state index contributed by atoms with van der Waals surface area (Å²) >= 11 is 5.93. The van der Waals surface area contributed by atoms with Crippen molar-refractivity contribution in [2.24, 2.45) is 7.05 Å². The van der Waals surface area contributed by atoms with Gasteiger partial charge in [-0.25, -0.2) is 0 Å². The summed E-state index contributed by atoms with van der Waals surface area (Å²) in [5, 5.41) is 0.812. The fourth-order valence-electron chi connectivity index (χ4n) is 2.84. The Labute approximate surface area is 119 Å². The lowest BCUT2D eigenvalue weighted by Gasteiger charge is -2.20. The average molecular weight is 275 g/mol. The van der Waals surface area contributed by atoms with E-state index in [2.05, 4.69) is 40.9 Å². The van der Waals surface area contributed by atoms with Crippen molar-refractivity contribution in [1.29, 1.82) is 0 Å². The highest BCUT2D eigenvalue weighted by molar-refractivity contribution is 6.30. The largest absolute Gasteiger partial charge is 0.354 e. The van der Waals surface area contributed by atoms with Crippen LogP contribution in [0.2, 0.25) is 5.02 Å². The average Bonchev–Trinajstić information content (AvgIpc) is 2.64. The van der Waals surface area contributed by atoms with Gasteiger partial charge in [-0.2, -0.15) is 0 Å².